The molecule has 0 aromatic carbocycles. The number of hydrogen-bond donors (Lipinski definition) is 1. The minimum atomic E-state index is 0.0807. The highest BCUT2D eigenvalue weighted by Crippen LogP contribution is 2.13. The van der Waals surface area contributed by atoms with Gasteiger partial charge in [0.1, 0.15) is 18.4 Å². The Morgan fingerprint density at radius 2 is 2.24 bits per heavy atom. The van der Waals surface area contributed by atoms with Gasteiger partial charge in [0.15, 0.2) is 0 Å². The maximum atomic E-state index is 5.48. The number of nitrogens with zero attached hydrogens (tertiary/aromatic N) is 3. The third-order valence-electron chi connectivity index (χ3n) is 2.42. The molecule has 0 amide bonds. The lowest BCUT2D eigenvalue weighted by Crippen LogP contribution is -2.35. The molecule has 0 aliphatic carbocycles. The maximum absolute atomic E-state index is 5.48. The Morgan fingerprint density at radius 3 is 2.88 bits per heavy atom. The molecule has 2 rings (SSSR count). The molecule has 17 heavy (non-hydrogen) atoms. The predicted molar refractivity (Wildman–Crippen MR) is 64.4 cm³/mol. The molecule has 0 radical (unpaired) electrons. The van der Waals surface area contributed by atoms with Crippen LogP contribution in [0.4, 0.5) is 0 Å². The molecule has 0 aliphatic heterocycles. The van der Waals surface area contributed by atoms with Crippen molar-refractivity contribution in [3.05, 3.63) is 36.3 Å². The Kier molecular flexibility index (Phi) is 3.28. The topological polar surface area (TPSA) is 55.9 Å². The van der Waals surface area contributed by atoms with Crippen molar-refractivity contribution in [3.63, 3.8) is 0 Å². The molecule has 0 saturated carbocycles. The van der Waals surface area contributed by atoms with Crippen LogP contribution in [-0.4, -0.2) is 20.3 Å². The van der Waals surface area contributed by atoms with E-state index in [0.717, 1.165) is 17.9 Å². The summed E-state index contributed by atoms with van der Waals surface area (Å²) in [7, 11) is 0. The number of furan rings is 1. The van der Waals surface area contributed by atoms with Crippen LogP contribution in [0.25, 0.3) is 0 Å². The Labute approximate surface area is 101 Å². The molecule has 5 nitrogen and oxygen atoms in total. The summed E-state index contributed by atoms with van der Waals surface area (Å²) in [5, 5.41) is 7.49. The van der Waals surface area contributed by atoms with Crippen LogP contribution in [0.2, 0.25) is 0 Å². The largest absolute Gasteiger partial charge is 0.468 e. The van der Waals surface area contributed by atoms with Crippen LogP contribution in [0.5, 0.6) is 0 Å². The Morgan fingerprint density at radius 1 is 1.41 bits per heavy atom. The highest BCUT2D eigenvalue weighted by molar-refractivity contribution is 5.17. The third-order valence-corrected chi connectivity index (χ3v) is 2.42. The average molecular weight is 234 g/mol. The Balaban J connectivity index is 2.02. The van der Waals surface area contributed by atoms with E-state index in [9.17, 15) is 0 Å². The number of hydrogen-bond acceptors (Lipinski definition) is 4. The summed E-state index contributed by atoms with van der Waals surface area (Å²) in [5.41, 5.74) is 1.21. The van der Waals surface area contributed by atoms with Crippen molar-refractivity contribution in [3.8, 4) is 0 Å². The normalized spacial score (nSPS) is 11.9. The predicted octanol–water partition coefficient (Wildman–Crippen LogP) is 1.81. The summed E-state index contributed by atoms with van der Waals surface area (Å²) >= 11 is 0. The summed E-state index contributed by atoms with van der Waals surface area (Å²) in [4.78, 5) is 3.92. The van der Waals surface area contributed by atoms with Crippen LogP contribution < -0.4 is 5.32 Å². The average Bonchev–Trinajstić information content (AvgIpc) is 2.86. The number of aromatic nitrogens is 3. The summed E-state index contributed by atoms with van der Waals surface area (Å²) in [6, 6.07) is 1.97. The zero-order valence-electron chi connectivity index (χ0n) is 10.5. The molecule has 0 spiro atoms. The second-order valence-corrected chi connectivity index (χ2v) is 5.07. The zero-order chi connectivity index (χ0) is 12.3. The van der Waals surface area contributed by atoms with Crippen molar-refractivity contribution in [1.29, 1.82) is 0 Å². The molecule has 2 aromatic rings. The molecule has 0 atom stereocenters. The van der Waals surface area contributed by atoms with Gasteiger partial charge in [0, 0.05) is 11.1 Å². The smallest absolute Gasteiger partial charge is 0.137 e. The van der Waals surface area contributed by atoms with E-state index in [1.165, 1.54) is 6.33 Å². The van der Waals surface area contributed by atoms with Crippen molar-refractivity contribution >= 4 is 0 Å². The highest BCUT2D eigenvalue weighted by Gasteiger charge is 2.12. The van der Waals surface area contributed by atoms with Crippen LogP contribution in [0.3, 0.4) is 0 Å². The third kappa shape index (κ3) is 3.42. The first-order chi connectivity index (χ1) is 8.04. The monoisotopic (exact) mass is 234 g/mol. The molecule has 5 heteroatoms. The van der Waals surface area contributed by atoms with Gasteiger partial charge in [-0.2, -0.15) is 5.10 Å². The van der Waals surface area contributed by atoms with Crippen molar-refractivity contribution < 1.29 is 4.42 Å². The fraction of sp³-hybridized carbons (Fsp3) is 0.500. The molecule has 0 aliphatic rings. The van der Waals surface area contributed by atoms with Gasteiger partial charge in [-0.3, -0.25) is 0 Å². The molecule has 0 bridgehead atoms. The summed E-state index contributed by atoms with van der Waals surface area (Å²) in [6.07, 6.45) is 4.95. The van der Waals surface area contributed by atoms with Gasteiger partial charge in [-0.25, -0.2) is 9.67 Å². The fourth-order valence-corrected chi connectivity index (χ4v) is 1.50. The van der Waals surface area contributed by atoms with Gasteiger partial charge in [0.05, 0.1) is 19.4 Å². The van der Waals surface area contributed by atoms with E-state index in [4.69, 9.17) is 4.42 Å². The lowest BCUT2D eigenvalue weighted by Gasteiger charge is -2.20. The van der Waals surface area contributed by atoms with Gasteiger partial charge in [0.2, 0.25) is 0 Å². The van der Waals surface area contributed by atoms with E-state index < -0.39 is 0 Å². The van der Waals surface area contributed by atoms with E-state index in [0.29, 0.717) is 6.54 Å². The van der Waals surface area contributed by atoms with Gasteiger partial charge in [-0.1, -0.05) is 0 Å². The van der Waals surface area contributed by atoms with Gasteiger partial charge < -0.3 is 9.73 Å². The van der Waals surface area contributed by atoms with Crippen molar-refractivity contribution in [2.24, 2.45) is 0 Å². The molecule has 92 valence electrons. The molecule has 2 aromatic heterocycles. The first kappa shape index (κ1) is 11.9. The van der Waals surface area contributed by atoms with E-state index in [2.05, 4.69) is 36.2 Å². The van der Waals surface area contributed by atoms with Gasteiger partial charge in [0.25, 0.3) is 0 Å². The fourth-order valence-electron chi connectivity index (χ4n) is 1.50. The molecular formula is C12H18N4O. The van der Waals surface area contributed by atoms with Crippen LogP contribution in [0.1, 0.15) is 32.1 Å². The van der Waals surface area contributed by atoms with E-state index in [-0.39, 0.29) is 5.54 Å². The van der Waals surface area contributed by atoms with Crippen molar-refractivity contribution in [1.82, 2.24) is 20.1 Å². The van der Waals surface area contributed by atoms with Crippen LogP contribution in [0.15, 0.2) is 29.4 Å². The molecule has 1 N–H and O–H groups in total. The Bertz CT molecular complexity index is 453. The Hall–Kier alpha value is -1.62. The SMILES string of the molecule is CC(C)(C)NCc1occc1Cn1cncn1. The minimum absolute atomic E-state index is 0.0807. The molecule has 0 saturated heterocycles. The molecule has 2 heterocycles. The van der Waals surface area contributed by atoms with Crippen LogP contribution >= 0.6 is 0 Å². The molecule has 0 fully saturated rings. The molecular weight excluding hydrogens is 216 g/mol. The highest BCUT2D eigenvalue weighted by atomic mass is 16.3. The first-order valence-corrected chi connectivity index (χ1v) is 5.67. The summed E-state index contributed by atoms with van der Waals surface area (Å²) in [5.74, 6) is 0.954. The quantitative estimate of drug-likeness (QED) is 0.876. The lowest BCUT2D eigenvalue weighted by molar-refractivity contribution is 0.385. The van der Waals surface area contributed by atoms with Crippen LogP contribution in [-0.2, 0) is 13.1 Å². The summed E-state index contributed by atoms with van der Waals surface area (Å²) in [6.45, 7) is 7.81. The van der Waals surface area contributed by atoms with Gasteiger partial charge >= 0.3 is 0 Å². The first-order valence-electron chi connectivity index (χ1n) is 5.67. The standard InChI is InChI=1S/C12H18N4O/c1-12(2,3)14-6-11-10(4-5-17-11)7-16-9-13-8-15-16/h4-5,8-9,14H,6-7H2,1-3H3. The second-order valence-electron chi connectivity index (χ2n) is 5.07. The van der Waals surface area contributed by atoms with Crippen LogP contribution in [0, 0.1) is 0 Å². The second kappa shape index (κ2) is 4.71. The van der Waals surface area contributed by atoms with E-state index in [1.807, 2.05) is 6.07 Å². The number of nitrogens with one attached hydrogen (secondary N) is 1. The van der Waals surface area contributed by atoms with Crippen molar-refractivity contribution in [2.75, 3.05) is 0 Å². The minimum Gasteiger partial charge on any atom is -0.468 e. The number of rotatable bonds is 4. The van der Waals surface area contributed by atoms with Gasteiger partial charge in [-0.15, -0.1) is 0 Å². The summed E-state index contributed by atoms with van der Waals surface area (Å²) < 4.78 is 7.27. The zero-order valence-corrected chi connectivity index (χ0v) is 10.5. The van der Waals surface area contributed by atoms with E-state index >= 15 is 0 Å². The molecule has 0 unspecified atom stereocenters. The van der Waals surface area contributed by atoms with E-state index in [1.54, 1.807) is 17.3 Å². The maximum Gasteiger partial charge on any atom is 0.137 e. The van der Waals surface area contributed by atoms with Gasteiger partial charge in [-0.05, 0) is 26.8 Å². The lowest BCUT2D eigenvalue weighted by atomic mass is 10.1. The van der Waals surface area contributed by atoms with Crippen molar-refractivity contribution in [2.45, 2.75) is 39.4 Å².